The number of pyridine rings is 1. The second-order valence-corrected chi connectivity index (χ2v) is 17.2. The number of benzene rings is 5. The number of allylic oxidation sites excluding steroid dienone is 2. The third-order valence-electron chi connectivity index (χ3n) is 9.71. The Morgan fingerprint density at radius 2 is 1.37 bits per heavy atom. The van der Waals surface area contributed by atoms with Crippen molar-refractivity contribution >= 4 is 48.9 Å². The van der Waals surface area contributed by atoms with Gasteiger partial charge in [0.2, 0.25) is 0 Å². The molecule has 0 spiro atoms. The molecule has 0 aliphatic carbocycles. The molecule has 1 N–H and O–H groups in total. The van der Waals surface area contributed by atoms with Crippen molar-refractivity contribution in [3.05, 3.63) is 114 Å². The summed E-state index contributed by atoms with van der Waals surface area (Å²) in [7, 11) is 0. The first-order valence-electron chi connectivity index (χ1n) is 18.5. The molecule has 0 amide bonds. The fraction of sp³-hybridized carbons (Fsp3) is 0.375. The topological polar surface area (TPSA) is 50.2 Å². The summed E-state index contributed by atoms with van der Waals surface area (Å²) in [5, 5.41) is 20.0. The molecule has 0 saturated heterocycles. The second-order valence-electron chi connectivity index (χ2n) is 17.2. The molecular weight excluding hydrogens is 815 g/mol. The van der Waals surface area contributed by atoms with E-state index < -0.39 is 5.41 Å². The Morgan fingerprint density at radius 3 is 1.98 bits per heavy atom. The number of aliphatic hydroxyl groups is 1. The van der Waals surface area contributed by atoms with Gasteiger partial charge in [0.15, 0.2) is 5.78 Å². The van der Waals surface area contributed by atoms with Gasteiger partial charge in [-0.05, 0) is 90.7 Å². The smallest absolute Gasteiger partial charge is 0.164 e. The van der Waals surface area contributed by atoms with Gasteiger partial charge in [0.1, 0.15) is 5.76 Å². The van der Waals surface area contributed by atoms with Gasteiger partial charge in [0, 0.05) is 43.2 Å². The first-order valence-corrected chi connectivity index (χ1v) is 18.5. The standard InChI is InChI=1S/C37H36N.C11H20O2.Ir/c1-22(2)17-28-21-35-31(33-12-11-25-9-7-8-10-30(25)36(28)33)13-14-34-32(35)15-16-38-37(34)29-19-26(23(3)4)18-27(20-29)24(5)6;1-10(2,3)8(12)7-9(13)11(4,5)6;/h7-16,18-19,21-24H,17H2,1-6H3;7,12H,1-6H3;/q-1;;/b;8-7-;. The van der Waals surface area contributed by atoms with Crippen molar-refractivity contribution in [2.45, 2.75) is 101 Å². The van der Waals surface area contributed by atoms with Gasteiger partial charge >= 0.3 is 0 Å². The zero-order chi connectivity index (χ0) is 37.4. The summed E-state index contributed by atoms with van der Waals surface area (Å²) in [6, 6.07) is 31.0. The Bertz CT molecular complexity index is 2240. The van der Waals surface area contributed by atoms with E-state index in [2.05, 4.69) is 120 Å². The first-order chi connectivity index (χ1) is 23.9. The number of hydrogen-bond acceptors (Lipinski definition) is 3. The van der Waals surface area contributed by atoms with Crippen molar-refractivity contribution in [3.8, 4) is 11.3 Å². The van der Waals surface area contributed by atoms with Crippen molar-refractivity contribution in [2.75, 3.05) is 0 Å². The van der Waals surface area contributed by atoms with E-state index in [-0.39, 0.29) is 37.1 Å². The fourth-order valence-corrected chi connectivity index (χ4v) is 6.52. The number of aliphatic hydroxyl groups excluding tert-OH is 1. The maximum absolute atomic E-state index is 11.5. The Hall–Kier alpha value is -3.85. The molecule has 5 aromatic carbocycles. The van der Waals surface area contributed by atoms with E-state index in [4.69, 9.17) is 4.98 Å². The molecule has 0 aliphatic heterocycles. The molecule has 0 saturated carbocycles. The number of aromatic nitrogens is 1. The van der Waals surface area contributed by atoms with Crippen LogP contribution >= 0.6 is 0 Å². The Balaban J connectivity index is 0.000000372. The van der Waals surface area contributed by atoms with Crippen LogP contribution in [0.3, 0.4) is 0 Å². The summed E-state index contributed by atoms with van der Waals surface area (Å²) in [5.74, 6) is 1.55. The normalized spacial score (nSPS) is 12.6. The Kier molecular flexibility index (Phi) is 12.6. The molecule has 0 unspecified atom stereocenters. The average Bonchev–Trinajstić information content (AvgIpc) is 3.06. The molecule has 1 radical (unpaired) electrons. The molecule has 4 heteroatoms. The van der Waals surface area contributed by atoms with Crippen LogP contribution in [-0.2, 0) is 31.3 Å². The van der Waals surface area contributed by atoms with Crippen LogP contribution in [0.2, 0.25) is 0 Å². The largest absolute Gasteiger partial charge is 0.512 e. The summed E-state index contributed by atoms with van der Waals surface area (Å²) in [5.41, 5.74) is 5.39. The molecule has 0 atom stereocenters. The second kappa shape index (κ2) is 16.0. The average molecular weight is 871 g/mol. The number of carbonyl (C=O) groups is 1. The zero-order valence-corrected chi connectivity index (χ0v) is 35.6. The minimum Gasteiger partial charge on any atom is -0.512 e. The molecule has 3 nitrogen and oxygen atoms in total. The number of ketones is 1. The molecule has 52 heavy (non-hydrogen) atoms. The number of fused-ring (bicyclic) bond motifs is 7. The molecule has 1 aromatic heterocycles. The summed E-state index contributed by atoms with van der Waals surface area (Å²) in [6.07, 6.45) is 4.37. The summed E-state index contributed by atoms with van der Waals surface area (Å²) < 4.78 is 0. The monoisotopic (exact) mass is 871 g/mol. The molecule has 6 aromatic rings. The van der Waals surface area contributed by atoms with Crippen LogP contribution in [-0.4, -0.2) is 15.9 Å². The number of carbonyl (C=O) groups excluding carboxylic acids is 1. The van der Waals surface area contributed by atoms with Crippen LogP contribution in [0.25, 0.3) is 54.3 Å². The van der Waals surface area contributed by atoms with Crippen LogP contribution in [0.15, 0.2) is 90.8 Å². The SMILES string of the molecule is CC(C)(C)C(=O)/C=C(\O)C(C)(C)C.CC(C)Cc1cc2c3ccnc(-c4[c-]c(C(C)C)cc(C(C)C)c4)c3ccc2c2ccc3ccccc3c12.[Ir]. The Labute approximate surface area is 325 Å². The third kappa shape index (κ3) is 8.84. The first kappa shape index (κ1) is 40.9. The van der Waals surface area contributed by atoms with Crippen molar-refractivity contribution in [1.29, 1.82) is 0 Å². The van der Waals surface area contributed by atoms with E-state index in [0.717, 1.165) is 17.7 Å². The maximum Gasteiger partial charge on any atom is 0.164 e. The van der Waals surface area contributed by atoms with Crippen LogP contribution in [0.4, 0.5) is 0 Å². The third-order valence-corrected chi connectivity index (χ3v) is 9.71. The Morgan fingerprint density at radius 1 is 0.731 bits per heavy atom. The summed E-state index contributed by atoms with van der Waals surface area (Å²) in [4.78, 5) is 16.4. The van der Waals surface area contributed by atoms with E-state index >= 15 is 0 Å². The zero-order valence-electron chi connectivity index (χ0n) is 33.2. The van der Waals surface area contributed by atoms with Crippen molar-refractivity contribution in [1.82, 2.24) is 4.98 Å². The van der Waals surface area contributed by atoms with Crippen molar-refractivity contribution in [3.63, 3.8) is 0 Å². The van der Waals surface area contributed by atoms with Gasteiger partial charge in [0.05, 0.1) is 0 Å². The molecule has 0 bridgehead atoms. The van der Waals surface area contributed by atoms with E-state index in [9.17, 15) is 9.90 Å². The molecule has 6 rings (SSSR count). The number of hydrogen-bond donors (Lipinski definition) is 1. The van der Waals surface area contributed by atoms with Crippen LogP contribution in [0.1, 0.15) is 112 Å². The van der Waals surface area contributed by atoms with Crippen LogP contribution < -0.4 is 0 Å². The molecule has 275 valence electrons. The van der Waals surface area contributed by atoms with Gasteiger partial charge in [-0.3, -0.25) is 4.79 Å². The van der Waals surface area contributed by atoms with Gasteiger partial charge in [-0.2, -0.15) is 0 Å². The predicted molar refractivity (Wildman–Crippen MR) is 220 cm³/mol. The van der Waals surface area contributed by atoms with Crippen LogP contribution in [0, 0.1) is 22.8 Å². The van der Waals surface area contributed by atoms with Gasteiger partial charge in [-0.25, -0.2) is 0 Å². The van der Waals surface area contributed by atoms with E-state index in [1.54, 1.807) is 0 Å². The van der Waals surface area contributed by atoms with Crippen molar-refractivity contribution < 1.29 is 30.0 Å². The van der Waals surface area contributed by atoms with Gasteiger partial charge in [0.25, 0.3) is 0 Å². The molecular formula is C48H56IrNO2-. The minimum atomic E-state index is -0.417. The molecule has 0 fully saturated rings. The maximum atomic E-state index is 11.5. The number of nitrogens with zero attached hydrogens (tertiary/aromatic N) is 1. The quantitative estimate of drug-likeness (QED) is 0.0785. The van der Waals surface area contributed by atoms with Crippen molar-refractivity contribution in [2.24, 2.45) is 16.7 Å². The van der Waals surface area contributed by atoms with Gasteiger partial charge in [-0.1, -0.05) is 132 Å². The van der Waals surface area contributed by atoms with E-state index in [0.29, 0.717) is 17.8 Å². The summed E-state index contributed by atoms with van der Waals surface area (Å²) >= 11 is 0. The minimum absolute atomic E-state index is 0. The number of rotatable bonds is 6. The van der Waals surface area contributed by atoms with Crippen LogP contribution in [0.5, 0.6) is 0 Å². The fourth-order valence-electron chi connectivity index (χ4n) is 6.52. The molecule has 0 aliphatic rings. The van der Waals surface area contributed by atoms with E-state index in [1.807, 2.05) is 47.7 Å². The van der Waals surface area contributed by atoms with Gasteiger partial charge < -0.3 is 10.1 Å². The summed E-state index contributed by atoms with van der Waals surface area (Å²) in [6.45, 7) is 24.8. The predicted octanol–water partition coefficient (Wildman–Crippen LogP) is 13.7. The molecule has 1 heterocycles. The van der Waals surface area contributed by atoms with Gasteiger partial charge in [-0.15, -0.1) is 34.9 Å². The van der Waals surface area contributed by atoms with E-state index in [1.165, 1.54) is 65.9 Å².